The molecule has 1 aromatic heterocycles. The Morgan fingerprint density at radius 3 is 3.05 bits per heavy atom. The second-order valence-electron chi connectivity index (χ2n) is 5.02. The Labute approximate surface area is 121 Å². The topological polar surface area (TPSA) is 67.0 Å². The Morgan fingerprint density at radius 1 is 1.58 bits per heavy atom. The Bertz CT molecular complexity index is 422. The van der Waals surface area contributed by atoms with Gasteiger partial charge in [0.25, 0.3) is 5.91 Å². The van der Waals surface area contributed by atoms with Crippen molar-refractivity contribution in [3.05, 3.63) is 16.4 Å². The van der Waals surface area contributed by atoms with Crippen molar-refractivity contribution in [3.8, 4) is 0 Å². The van der Waals surface area contributed by atoms with Crippen molar-refractivity contribution in [1.29, 1.82) is 0 Å². The van der Waals surface area contributed by atoms with Gasteiger partial charge in [-0.1, -0.05) is 19.8 Å². The fourth-order valence-corrected chi connectivity index (χ4v) is 2.79. The van der Waals surface area contributed by atoms with Crippen molar-refractivity contribution in [1.82, 2.24) is 15.5 Å². The Hall–Kier alpha value is -0.880. The summed E-state index contributed by atoms with van der Waals surface area (Å²) in [7, 11) is 0. The lowest BCUT2D eigenvalue weighted by atomic mass is 9.88. The summed E-state index contributed by atoms with van der Waals surface area (Å²) >= 11 is 3.26. The number of rotatable bonds is 5. The molecule has 0 aliphatic heterocycles. The highest BCUT2D eigenvalue weighted by atomic mass is 79.9. The fourth-order valence-electron chi connectivity index (χ4n) is 2.42. The molecular weight excluding hydrogens is 310 g/mol. The minimum atomic E-state index is -0.162. The second-order valence-corrected chi connectivity index (χ2v) is 5.87. The van der Waals surface area contributed by atoms with Gasteiger partial charge in [0.15, 0.2) is 0 Å². The lowest BCUT2D eigenvalue weighted by molar-refractivity contribution is -0.00295. The molecule has 2 atom stereocenters. The molecule has 1 fully saturated rings. The summed E-state index contributed by atoms with van der Waals surface area (Å²) in [6.45, 7) is 3.32. The van der Waals surface area contributed by atoms with Gasteiger partial charge in [0.05, 0.1) is 23.4 Å². The summed E-state index contributed by atoms with van der Waals surface area (Å²) in [6, 6.07) is 0. The Kier molecular flexibility index (Phi) is 5.39. The summed E-state index contributed by atoms with van der Waals surface area (Å²) in [5.74, 6) is 0.468. The minimum Gasteiger partial charge on any atom is -0.376 e. The zero-order valence-electron chi connectivity index (χ0n) is 11.1. The normalized spacial score (nSPS) is 23.3. The molecule has 1 aliphatic carbocycles. The number of nitrogens with zero attached hydrogens (tertiary/aromatic N) is 1. The van der Waals surface area contributed by atoms with Gasteiger partial charge >= 0.3 is 0 Å². The summed E-state index contributed by atoms with van der Waals surface area (Å²) in [5.41, 5.74) is 0.450. The van der Waals surface area contributed by atoms with E-state index in [4.69, 9.17) is 4.74 Å². The van der Waals surface area contributed by atoms with E-state index in [-0.39, 0.29) is 5.91 Å². The zero-order valence-corrected chi connectivity index (χ0v) is 12.7. The molecule has 0 saturated heterocycles. The standard InChI is InChI=1S/C13H20BrN3O2/c1-9-4-2-3-5-11(9)19-7-6-15-13(18)12-10(14)8-16-17-12/h8-9,11H,2-7H2,1H3,(H,15,18)(H,16,17)/t9-,11-/m1/s1. The van der Waals surface area contributed by atoms with Crippen LogP contribution in [0.15, 0.2) is 10.7 Å². The van der Waals surface area contributed by atoms with E-state index < -0.39 is 0 Å². The van der Waals surface area contributed by atoms with Crippen LogP contribution in [0.5, 0.6) is 0 Å². The number of carbonyl (C=O) groups is 1. The third-order valence-corrected chi connectivity index (χ3v) is 4.17. The first kappa shape index (κ1) is 14.5. The maximum absolute atomic E-state index is 11.8. The maximum atomic E-state index is 11.8. The van der Waals surface area contributed by atoms with Crippen LogP contribution in [0.2, 0.25) is 0 Å². The van der Waals surface area contributed by atoms with Crippen LogP contribution >= 0.6 is 15.9 Å². The van der Waals surface area contributed by atoms with Crippen LogP contribution in [0.4, 0.5) is 0 Å². The third kappa shape index (κ3) is 4.04. The summed E-state index contributed by atoms with van der Waals surface area (Å²) in [5, 5.41) is 9.26. The van der Waals surface area contributed by atoms with E-state index in [1.165, 1.54) is 19.3 Å². The highest BCUT2D eigenvalue weighted by Crippen LogP contribution is 2.25. The number of halogens is 1. The average molecular weight is 330 g/mol. The van der Waals surface area contributed by atoms with Gasteiger partial charge in [-0.3, -0.25) is 9.89 Å². The van der Waals surface area contributed by atoms with Crippen molar-refractivity contribution in [3.63, 3.8) is 0 Å². The highest BCUT2D eigenvalue weighted by molar-refractivity contribution is 9.10. The van der Waals surface area contributed by atoms with Gasteiger partial charge in [0.1, 0.15) is 5.69 Å². The number of nitrogens with one attached hydrogen (secondary N) is 2. The molecule has 0 bridgehead atoms. The number of carbonyl (C=O) groups excluding carboxylic acids is 1. The summed E-state index contributed by atoms with van der Waals surface area (Å²) in [4.78, 5) is 11.8. The van der Waals surface area contributed by atoms with Crippen LogP contribution < -0.4 is 5.32 Å². The first-order valence-electron chi connectivity index (χ1n) is 6.77. The number of hydrogen-bond acceptors (Lipinski definition) is 3. The highest BCUT2D eigenvalue weighted by Gasteiger charge is 2.21. The predicted molar refractivity (Wildman–Crippen MR) is 76.0 cm³/mol. The first-order chi connectivity index (χ1) is 9.18. The van der Waals surface area contributed by atoms with Crippen molar-refractivity contribution < 1.29 is 9.53 Å². The van der Waals surface area contributed by atoms with E-state index in [2.05, 4.69) is 38.4 Å². The number of H-pyrrole nitrogens is 1. The van der Waals surface area contributed by atoms with E-state index in [1.807, 2.05) is 0 Å². The molecule has 2 rings (SSSR count). The van der Waals surface area contributed by atoms with Gasteiger partial charge in [-0.05, 0) is 34.7 Å². The smallest absolute Gasteiger partial charge is 0.270 e. The molecule has 0 spiro atoms. The molecule has 5 nitrogen and oxygen atoms in total. The third-order valence-electron chi connectivity index (χ3n) is 3.57. The zero-order chi connectivity index (χ0) is 13.7. The number of ether oxygens (including phenoxy) is 1. The monoisotopic (exact) mass is 329 g/mol. The SMILES string of the molecule is C[C@@H]1CCCC[C@H]1OCCNC(=O)c1[nH]ncc1Br. The lowest BCUT2D eigenvalue weighted by Gasteiger charge is -2.28. The van der Waals surface area contributed by atoms with E-state index in [0.717, 1.165) is 6.42 Å². The van der Waals surface area contributed by atoms with Crippen molar-refractivity contribution in [2.75, 3.05) is 13.2 Å². The molecule has 19 heavy (non-hydrogen) atoms. The van der Waals surface area contributed by atoms with E-state index >= 15 is 0 Å². The number of hydrogen-bond donors (Lipinski definition) is 2. The molecule has 0 unspecified atom stereocenters. The molecule has 0 radical (unpaired) electrons. The maximum Gasteiger partial charge on any atom is 0.270 e. The molecule has 106 valence electrons. The number of aromatic amines is 1. The van der Waals surface area contributed by atoms with Gasteiger partial charge < -0.3 is 10.1 Å². The van der Waals surface area contributed by atoms with Crippen molar-refractivity contribution in [2.24, 2.45) is 5.92 Å². The van der Waals surface area contributed by atoms with Crippen LogP contribution in [-0.2, 0) is 4.74 Å². The molecular formula is C13H20BrN3O2. The Balaban J connectivity index is 1.67. The molecule has 2 N–H and O–H groups in total. The lowest BCUT2D eigenvalue weighted by Crippen LogP contribution is -2.32. The van der Waals surface area contributed by atoms with Gasteiger partial charge in [-0.2, -0.15) is 5.10 Å². The van der Waals surface area contributed by atoms with Crippen LogP contribution in [0, 0.1) is 5.92 Å². The van der Waals surface area contributed by atoms with Crippen LogP contribution in [0.1, 0.15) is 43.1 Å². The number of amides is 1. The van der Waals surface area contributed by atoms with Crippen molar-refractivity contribution >= 4 is 21.8 Å². The van der Waals surface area contributed by atoms with Gasteiger partial charge in [-0.15, -0.1) is 0 Å². The molecule has 6 heteroatoms. The van der Waals surface area contributed by atoms with Crippen LogP contribution in [-0.4, -0.2) is 35.4 Å². The molecule has 1 heterocycles. The number of aromatic nitrogens is 2. The van der Waals surface area contributed by atoms with Gasteiger partial charge in [0.2, 0.25) is 0 Å². The molecule has 1 aromatic rings. The molecule has 0 aromatic carbocycles. The summed E-state index contributed by atoms with van der Waals surface area (Å²) in [6.07, 6.45) is 6.87. The van der Waals surface area contributed by atoms with Gasteiger partial charge in [-0.25, -0.2) is 0 Å². The fraction of sp³-hybridized carbons (Fsp3) is 0.692. The second kappa shape index (κ2) is 7.05. The molecule has 1 saturated carbocycles. The van der Waals surface area contributed by atoms with Crippen LogP contribution in [0.25, 0.3) is 0 Å². The van der Waals surface area contributed by atoms with E-state index in [9.17, 15) is 4.79 Å². The predicted octanol–water partition coefficient (Wildman–Crippen LogP) is 2.50. The van der Waals surface area contributed by atoms with Gasteiger partial charge in [0, 0.05) is 6.54 Å². The van der Waals surface area contributed by atoms with Crippen LogP contribution in [0.3, 0.4) is 0 Å². The first-order valence-corrected chi connectivity index (χ1v) is 7.56. The largest absolute Gasteiger partial charge is 0.376 e. The summed E-state index contributed by atoms with van der Waals surface area (Å²) < 4.78 is 6.51. The molecule has 1 aliphatic rings. The Morgan fingerprint density at radius 2 is 2.37 bits per heavy atom. The average Bonchev–Trinajstić information content (AvgIpc) is 2.82. The van der Waals surface area contributed by atoms with Crippen molar-refractivity contribution in [2.45, 2.75) is 38.7 Å². The van der Waals surface area contributed by atoms with E-state index in [1.54, 1.807) is 6.20 Å². The minimum absolute atomic E-state index is 0.162. The molecule has 1 amide bonds. The quantitative estimate of drug-likeness (QED) is 0.815. The van der Waals surface area contributed by atoms with E-state index in [0.29, 0.717) is 35.3 Å².